The minimum absolute atomic E-state index is 0.0560. The minimum atomic E-state index is -0.568. The van der Waals surface area contributed by atoms with E-state index in [0.29, 0.717) is 31.1 Å². The van der Waals surface area contributed by atoms with E-state index in [2.05, 4.69) is 25.5 Å². The first-order valence-electron chi connectivity index (χ1n) is 11.5. The van der Waals surface area contributed by atoms with Gasteiger partial charge in [-0.2, -0.15) is 0 Å². The van der Waals surface area contributed by atoms with Crippen molar-refractivity contribution >= 4 is 11.7 Å². The Morgan fingerprint density at radius 3 is 2.77 bits per heavy atom. The monoisotopic (exact) mass is 471 g/mol. The summed E-state index contributed by atoms with van der Waals surface area (Å²) in [5, 5.41) is 20.2. The van der Waals surface area contributed by atoms with E-state index in [1.54, 1.807) is 19.4 Å². The van der Waals surface area contributed by atoms with Crippen LogP contribution in [0, 0.1) is 6.92 Å². The normalized spacial score (nSPS) is 11.9. The third-order valence-electron chi connectivity index (χ3n) is 5.73. The molecule has 0 bridgehead atoms. The van der Waals surface area contributed by atoms with E-state index in [1.807, 2.05) is 61.5 Å². The highest BCUT2D eigenvalue weighted by Gasteiger charge is 2.15. The quantitative estimate of drug-likeness (QED) is 0.294. The third-order valence-corrected chi connectivity index (χ3v) is 5.73. The molecule has 0 spiro atoms. The van der Waals surface area contributed by atoms with Crippen molar-refractivity contribution in [3.8, 4) is 11.1 Å². The number of anilines is 1. The molecule has 0 radical (unpaired) electrons. The number of aliphatic hydroxyl groups is 1. The highest BCUT2D eigenvalue weighted by Crippen LogP contribution is 2.29. The van der Waals surface area contributed by atoms with Gasteiger partial charge in [-0.1, -0.05) is 42.5 Å². The number of aliphatic hydroxyl groups excluding tert-OH is 1. The first-order valence-corrected chi connectivity index (χ1v) is 11.5. The number of aromatic nitrogens is 4. The molecule has 0 aliphatic carbocycles. The number of nitrogens with zero attached hydrogens (tertiary/aromatic N) is 3. The molecule has 0 fully saturated rings. The first-order chi connectivity index (χ1) is 17.0. The molecule has 4 rings (SSSR count). The molecule has 2 aromatic heterocycles. The number of pyridine rings is 1. The van der Waals surface area contributed by atoms with Crippen LogP contribution in [0.2, 0.25) is 0 Å². The van der Waals surface area contributed by atoms with Crippen molar-refractivity contribution in [3.05, 3.63) is 95.2 Å². The van der Waals surface area contributed by atoms with Crippen LogP contribution in [0.5, 0.6) is 0 Å². The molecule has 1 atom stereocenters. The topological polar surface area (TPSA) is 113 Å². The molecule has 4 aromatic rings. The van der Waals surface area contributed by atoms with Crippen LogP contribution in [0.3, 0.4) is 0 Å². The summed E-state index contributed by atoms with van der Waals surface area (Å²) in [5.74, 6) is 0.622. The molecular weight excluding hydrogens is 442 g/mol. The summed E-state index contributed by atoms with van der Waals surface area (Å²) in [5.41, 5.74) is 4.83. The Balaban J connectivity index is 1.47. The number of nitrogens with one attached hydrogen (secondary N) is 2. The van der Waals surface area contributed by atoms with Crippen LogP contribution in [0.4, 0.5) is 5.82 Å². The van der Waals surface area contributed by atoms with Crippen molar-refractivity contribution in [1.82, 2.24) is 20.2 Å². The molecule has 0 aliphatic rings. The molecule has 35 heavy (non-hydrogen) atoms. The lowest BCUT2D eigenvalue weighted by Crippen LogP contribution is -2.14. The maximum Gasteiger partial charge on any atom is 0.296 e. The largest absolute Gasteiger partial charge is 0.388 e. The van der Waals surface area contributed by atoms with Gasteiger partial charge >= 0.3 is 0 Å². The molecule has 0 saturated heterocycles. The molecule has 180 valence electrons. The fourth-order valence-corrected chi connectivity index (χ4v) is 3.85. The van der Waals surface area contributed by atoms with Gasteiger partial charge in [0.05, 0.1) is 6.10 Å². The summed E-state index contributed by atoms with van der Waals surface area (Å²) in [6.07, 6.45) is 3.03. The Bertz CT molecular complexity index is 1270. The summed E-state index contributed by atoms with van der Waals surface area (Å²) in [4.78, 5) is 21.3. The van der Waals surface area contributed by atoms with E-state index >= 15 is 0 Å². The lowest BCUT2D eigenvalue weighted by atomic mass is 9.95. The fraction of sp³-hybridized carbons (Fsp3) is 0.259. The molecule has 8 nitrogen and oxygen atoms in total. The van der Waals surface area contributed by atoms with E-state index < -0.39 is 12.0 Å². The molecule has 0 aliphatic heterocycles. The van der Waals surface area contributed by atoms with Crippen molar-refractivity contribution in [1.29, 1.82) is 0 Å². The van der Waals surface area contributed by atoms with Gasteiger partial charge in [0.2, 0.25) is 5.82 Å². The lowest BCUT2D eigenvalue weighted by Gasteiger charge is -2.15. The zero-order chi connectivity index (χ0) is 24.6. The number of hydrogen-bond donors (Lipinski definition) is 3. The maximum atomic E-state index is 12.7. The Morgan fingerprint density at radius 2 is 1.97 bits per heavy atom. The SMILES string of the molecule is COCCCC(O)c1ccc(C)c(-c2ccnc(NC(=O)c3n[nH]c(Cc4ccccc4)n3)c2)c1. The maximum absolute atomic E-state index is 12.7. The number of amides is 1. The highest BCUT2D eigenvalue weighted by atomic mass is 16.5. The van der Waals surface area contributed by atoms with E-state index in [0.717, 1.165) is 34.2 Å². The van der Waals surface area contributed by atoms with Gasteiger partial charge in [-0.3, -0.25) is 9.89 Å². The average molecular weight is 472 g/mol. The number of benzene rings is 2. The first kappa shape index (κ1) is 24.3. The van der Waals surface area contributed by atoms with Crippen molar-refractivity contribution in [2.45, 2.75) is 32.3 Å². The predicted molar refractivity (Wildman–Crippen MR) is 134 cm³/mol. The molecule has 3 N–H and O–H groups in total. The Labute approximate surface area is 204 Å². The average Bonchev–Trinajstić information content (AvgIpc) is 3.34. The number of rotatable bonds is 10. The van der Waals surface area contributed by atoms with Gasteiger partial charge in [0.15, 0.2) is 0 Å². The summed E-state index contributed by atoms with van der Waals surface area (Å²) in [6.45, 7) is 2.62. The smallest absolute Gasteiger partial charge is 0.296 e. The Hall–Kier alpha value is -3.88. The van der Waals surface area contributed by atoms with E-state index in [9.17, 15) is 9.90 Å². The molecule has 1 unspecified atom stereocenters. The summed E-state index contributed by atoms with van der Waals surface area (Å²) in [7, 11) is 1.65. The van der Waals surface area contributed by atoms with Gasteiger partial charge in [-0.05, 0) is 65.8 Å². The van der Waals surface area contributed by atoms with E-state index in [-0.39, 0.29) is 5.82 Å². The number of H-pyrrole nitrogens is 1. The van der Waals surface area contributed by atoms with Crippen LogP contribution in [0.25, 0.3) is 11.1 Å². The minimum Gasteiger partial charge on any atom is -0.388 e. The number of methoxy groups -OCH3 is 1. The number of carbonyl (C=O) groups excluding carboxylic acids is 1. The fourth-order valence-electron chi connectivity index (χ4n) is 3.85. The molecular formula is C27H29N5O3. The number of carbonyl (C=O) groups is 1. The summed E-state index contributed by atoms with van der Waals surface area (Å²) < 4.78 is 5.08. The third kappa shape index (κ3) is 6.38. The van der Waals surface area contributed by atoms with Gasteiger partial charge in [0, 0.05) is 26.3 Å². The van der Waals surface area contributed by atoms with Crippen molar-refractivity contribution < 1.29 is 14.6 Å². The Kier molecular flexibility index (Phi) is 7.97. The second-order valence-electron chi connectivity index (χ2n) is 8.38. The second kappa shape index (κ2) is 11.5. The summed E-state index contributed by atoms with van der Waals surface area (Å²) in [6, 6.07) is 19.4. The number of hydrogen-bond acceptors (Lipinski definition) is 6. The molecule has 2 aromatic carbocycles. The Morgan fingerprint density at radius 1 is 1.14 bits per heavy atom. The molecule has 0 saturated carbocycles. The van der Waals surface area contributed by atoms with Gasteiger partial charge in [-0.15, -0.1) is 5.10 Å². The zero-order valence-corrected chi connectivity index (χ0v) is 19.9. The van der Waals surface area contributed by atoms with Crippen LogP contribution in [-0.4, -0.2) is 44.9 Å². The predicted octanol–water partition coefficient (Wildman–Crippen LogP) is 4.48. The van der Waals surface area contributed by atoms with E-state index in [1.165, 1.54) is 0 Å². The van der Waals surface area contributed by atoms with Gasteiger partial charge in [0.1, 0.15) is 11.6 Å². The molecule has 1 amide bonds. The van der Waals surface area contributed by atoms with E-state index in [4.69, 9.17) is 4.74 Å². The van der Waals surface area contributed by atoms with Crippen molar-refractivity contribution in [2.75, 3.05) is 19.0 Å². The molecule has 2 heterocycles. The standard InChI is InChI=1S/C27H29N5O3/c1-18-10-11-21(23(33)9-6-14-35-2)16-22(18)20-12-13-28-24(17-20)30-27(34)26-29-25(31-32-26)15-19-7-4-3-5-8-19/h3-5,7-8,10-13,16-17,23,33H,6,9,14-15H2,1-2H3,(H,28,30,34)(H,29,31,32). The number of aryl methyl sites for hydroxylation is 1. The van der Waals surface area contributed by atoms with Crippen molar-refractivity contribution in [2.24, 2.45) is 0 Å². The van der Waals surface area contributed by atoms with Crippen LogP contribution in [0.1, 0.15) is 52.1 Å². The lowest BCUT2D eigenvalue weighted by molar-refractivity contribution is 0.101. The van der Waals surface area contributed by atoms with Gasteiger partial charge in [-0.25, -0.2) is 9.97 Å². The van der Waals surface area contributed by atoms with Crippen LogP contribution >= 0.6 is 0 Å². The van der Waals surface area contributed by atoms with Crippen LogP contribution in [-0.2, 0) is 11.2 Å². The summed E-state index contributed by atoms with van der Waals surface area (Å²) >= 11 is 0. The zero-order valence-electron chi connectivity index (χ0n) is 19.9. The second-order valence-corrected chi connectivity index (χ2v) is 8.38. The number of aromatic amines is 1. The van der Waals surface area contributed by atoms with Crippen molar-refractivity contribution in [3.63, 3.8) is 0 Å². The van der Waals surface area contributed by atoms with Crippen LogP contribution < -0.4 is 5.32 Å². The van der Waals surface area contributed by atoms with Gasteiger partial charge in [0.25, 0.3) is 5.91 Å². The highest BCUT2D eigenvalue weighted by molar-refractivity contribution is 6.01. The number of ether oxygens (including phenoxy) is 1. The molecule has 8 heteroatoms. The van der Waals surface area contributed by atoms with Gasteiger partial charge < -0.3 is 15.2 Å². The van der Waals surface area contributed by atoms with Crippen LogP contribution in [0.15, 0.2) is 66.9 Å².